The van der Waals surface area contributed by atoms with Crippen LogP contribution < -0.4 is 15.5 Å². The van der Waals surface area contributed by atoms with Gasteiger partial charge >= 0.3 is 0 Å². The second kappa shape index (κ2) is 6.42. The maximum Gasteiger partial charge on any atom is 0.237 e. The number of nitrogens with zero attached hydrogens (tertiary/aromatic N) is 2. The van der Waals surface area contributed by atoms with Gasteiger partial charge < -0.3 is 15.5 Å². The second-order valence-electron chi connectivity index (χ2n) is 6.48. The SMILES string of the molecule is N#Cc1c(N2CCC(NC(=O)C3CCCN3)C2)sc2ccccc12. The first-order valence-electron chi connectivity index (χ1n) is 8.46. The lowest BCUT2D eigenvalue weighted by Gasteiger charge is -2.19. The summed E-state index contributed by atoms with van der Waals surface area (Å²) in [6.45, 7) is 2.59. The van der Waals surface area contributed by atoms with Gasteiger partial charge in [-0.1, -0.05) is 18.2 Å². The van der Waals surface area contributed by atoms with Gasteiger partial charge in [-0.15, -0.1) is 11.3 Å². The van der Waals surface area contributed by atoms with Gasteiger partial charge in [-0.05, 0) is 31.9 Å². The Morgan fingerprint density at radius 2 is 2.25 bits per heavy atom. The van der Waals surface area contributed by atoms with E-state index in [1.165, 1.54) is 0 Å². The van der Waals surface area contributed by atoms with Crippen molar-refractivity contribution >= 4 is 32.3 Å². The molecule has 3 heterocycles. The van der Waals surface area contributed by atoms with E-state index in [1.54, 1.807) is 11.3 Å². The summed E-state index contributed by atoms with van der Waals surface area (Å²) in [7, 11) is 0. The number of nitrogens with one attached hydrogen (secondary N) is 2. The van der Waals surface area contributed by atoms with Gasteiger partial charge in [0.1, 0.15) is 11.1 Å². The first-order chi connectivity index (χ1) is 11.8. The largest absolute Gasteiger partial charge is 0.360 e. The molecule has 4 rings (SSSR count). The van der Waals surface area contributed by atoms with E-state index in [9.17, 15) is 10.1 Å². The predicted molar refractivity (Wildman–Crippen MR) is 96.3 cm³/mol. The summed E-state index contributed by atoms with van der Waals surface area (Å²) in [5, 5.41) is 18.1. The van der Waals surface area contributed by atoms with Gasteiger partial charge in [0.2, 0.25) is 5.91 Å². The van der Waals surface area contributed by atoms with Crippen LogP contribution in [0.3, 0.4) is 0 Å². The highest BCUT2D eigenvalue weighted by Gasteiger charge is 2.30. The van der Waals surface area contributed by atoms with Crippen LogP contribution in [0, 0.1) is 11.3 Å². The number of fused-ring (bicyclic) bond motifs is 1. The third-order valence-corrected chi connectivity index (χ3v) is 6.12. The number of carbonyl (C=O) groups excluding carboxylic acids is 1. The molecule has 1 aromatic carbocycles. The highest BCUT2D eigenvalue weighted by molar-refractivity contribution is 7.23. The van der Waals surface area contributed by atoms with Gasteiger partial charge in [-0.2, -0.15) is 5.26 Å². The highest BCUT2D eigenvalue weighted by atomic mass is 32.1. The average molecular weight is 340 g/mol. The molecule has 1 amide bonds. The van der Waals surface area contributed by atoms with Crippen LogP contribution in [0.4, 0.5) is 5.00 Å². The van der Waals surface area contributed by atoms with Crippen LogP contribution in [-0.4, -0.2) is 37.6 Å². The van der Waals surface area contributed by atoms with Crippen molar-refractivity contribution in [2.24, 2.45) is 0 Å². The van der Waals surface area contributed by atoms with E-state index in [0.29, 0.717) is 0 Å². The number of hydrogen-bond donors (Lipinski definition) is 2. The van der Waals surface area contributed by atoms with Crippen molar-refractivity contribution < 1.29 is 4.79 Å². The van der Waals surface area contributed by atoms with Gasteiger partial charge in [-0.25, -0.2) is 0 Å². The summed E-state index contributed by atoms with van der Waals surface area (Å²) in [5.74, 6) is 0.121. The van der Waals surface area contributed by atoms with Crippen molar-refractivity contribution in [3.05, 3.63) is 29.8 Å². The first-order valence-corrected chi connectivity index (χ1v) is 9.28. The molecule has 2 aliphatic heterocycles. The monoisotopic (exact) mass is 340 g/mol. The fraction of sp³-hybridized carbons (Fsp3) is 0.444. The second-order valence-corrected chi connectivity index (χ2v) is 7.51. The summed E-state index contributed by atoms with van der Waals surface area (Å²) < 4.78 is 1.15. The zero-order valence-electron chi connectivity index (χ0n) is 13.4. The fourth-order valence-corrected chi connectivity index (χ4v) is 4.82. The van der Waals surface area contributed by atoms with Gasteiger partial charge in [0.25, 0.3) is 0 Å². The van der Waals surface area contributed by atoms with Crippen LogP contribution in [0.25, 0.3) is 10.1 Å². The van der Waals surface area contributed by atoms with E-state index in [-0.39, 0.29) is 18.0 Å². The Hall–Kier alpha value is -2.10. The van der Waals surface area contributed by atoms with E-state index in [2.05, 4.69) is 27.7 Å². The number of carbonyl (C=O) groups is 1. The molecule has 0 saturated carbocycles. The standard InChI is InChI=1S/C18H20N4OS/c19-10-14-13-4-1-2-6-16(13)24-18(14)22-9-7-12(11-22)21-17(23)15-5-3-8-20-15/h1-2,4,6,12,15,20H,3,5,7-9,11H2,(H,21,23). The summed E-state index contributed by atoms with van der Waals surface area (Å²) in [5.41, 5.74) is 0.764. The van der Waals surface area contributed by atoms with Crippen molar-refractivity contribution in [1.29, 1.82) is 5.26 Å². The van der Waals surface area contributed by atoms with E-state index in [4.69, 9.17) is 0 Å². The summed E-state index contributed by atoms with van der Waals surface area (Å²) in [4.78, 5) is 14.5. The van der Waals surface area contributed by atoms with Crippen LogP contribution in [0.5, 0.6) is 0 Å². The molecule has 0 aliphatic carbocycles. The molecule has 2 fully saturated rings. The Balaban J connectivity index is 1.49. The number of nitriles is 1. The minimum absolute atomic E-state index is 0.0296. The van der Waals surface area contributed by atoms with Crippen molar-refractivity contribution in [3.63, 3.8) is 0 Å². The first kappa shape index (κ1) is 15.4. The Morgan fingerprint density at radius 1 is 1.38 bits per heavy atom. The van der Waals surface area contributed by atoms with Crippen molar-refractivity contribution in [2.45, 2.75) is 31.3 Å². The average Bonchev–Trinajstić information content (AvgIpc) is 3.33. The fourth-order valence-electron chi connectivity index (χ4n) is 3.64. The molecule has 2 aliphatic rings. The van der Waals surface area contributed by atoms with E-state index >= 15 is 0 Å². The summed E-state index contributed by atoms with van der Waals surface area (Å²) in [6.07, 6.45) is 2.93. The Labute approximate surface area is 145 Å². The van der Waals surface area contributed by atoms with Gasteiger partial charge in [0.15, 0.2) is 0 Å². The molecule has 0 spiro atoms. The number of hydrogen-bond acceptors (Lipinski definition) is 5. The van der Waals surface area contributed by atoms with Gasteiger partial charge in [0.05, 0.1) is 11.6 Å². The van der Waals surface area contributed by atoms with Crippen molar-refractivity contribution in [3.8, 4) is 6.07 Å². The number of rotatable bonds is 3. The van der Waals surface area contributed by atoms with Crippen LogP contribution in [0.2, 0.25) is 0 Å². The molecular weight excluding hydrogens is 320 g/mol. The molecule has 2 N–H and O–H groups in total. The topological polar surface area (TPSA) is 68.2 Å². The molecule has 24 heavy (non-hydrogen) atoms. The maximum atomic E-state index is 12.3. The molecule has 0 bridgehead atoms. The van der Waals surface area contributed by atoms with Crippen LogP contribution in [-0.2, 0) is 4.79 Å². The van der Waals surface area contributed by atoms with Crippen LogP contribution in [0.15, 0.2) is 24.3 Å². The third-order valence-electron chi connectivity index (χ3n) is 4.89. The molecule has 2 saturated heterocycles. The summed E-state index contributed by atoms with van der Waals surface area (Å²) in [6, 6.07) is 10.5. The lowest BCUT2D eigenvalue weighted by molar-refractivity contribution is -0.123. The van der Waals surface area contributed by atoms with E-state index in [1.807, 2.05) is 18.2 Å². The summed E-state index contributed by atoms with van der Waals surface area (Å²) >= 11 is 1.67. The number of thiophene rings is 1. The van der Waals surface area contributed by atoms with Crippen molar-refractivity contribution in [1.82, 2.24) is 10.6 Å². The minimum atomic E-state index is -0.0296. The molecule has 124 valence electrons. The molecule has 2 aromatic rings. The molecule has 2 unspecified atom stereocenters. The number of anilines is 1. The Kier molecular flexibility index (Phi) is 4.13. The molecule has 5 nitrogen and oxygen atoms in total. The molecule has 6 heteroatoms. The van der Waals surface area contributed by atoms with Crippen LogP contribution >= 0.6 is 11.3 Å². The van der Waals surface area contributed by atoms with E-state index < -0.39 is 0 Å². The quantitative estimate of drug-likeness (QED) is 0.899. The zero-order valence-corrected chi connectivity index (χ0v) is 14.2. The molecule has 0 radical (unpaired) electrons. The molecule has 2 atom stereocenters. The lowest BCUT2D eigenvalue weighted by Crippen LogP contribution is -2.46. The van der Waals surface area contributed by atoms with E-state index in [0.717, 1.165) is 59.5 Å². The highest BCUT2D eigenvalue weighted by Crippen LogP contribution is 2.38. The predicted octanol–water partition coefficient (Wildman–Crippen LogP) is 2.22. The number of benzene rings is 1. The normalized spacial score (nSPS) is 23.5. The molecule has 1 aromatic heterocycles. The smallest absolute Gasteiger partial charge is 0.237 e. The number of amides is 1. The van der Waals surface area contributed by atoms with Crippen molar-refractivity contribution in [2.75, 3.05) is 24.5 Å². The van der Waals surface area contributed by atoms with Crippen LogP contribution in [0.1, 0.15) is 24.8 Å². The Morgan fingerprint density at radius 3 is 3.04 bits per heavy atom. The van der Waals surface area contributed by atoms with Gasteiger partial charge in [-0.3, -0.25) is 4.79 Å². The van der Waals surface area contributed by atoms with Gasteiger partial charge in [0, 0.05) is 29.2 Å². The lowest BCUT2D eigenvalue weighted by atomic mass is 10.2. The zero-order chi connectivity index (χ0) is 16.5. The molecular formula is C18H20N4OS. The Bertz CT molecular complexity index is 803. The third kappa shape index (κ3) is 2.74. The minimum Gasteiger partial charge on any atom is -0.360 e. The maximum absolute atomic E-state index is 12.3.